The molecule has 0 aliphatic heterocycles. The van der Waals surface area contributed by atoms with E-state index in [1.165, 1.54) is 27.8 Å². The lowest BCUT2D eigenvalue weighted by atomic mass is 9.93. The van der Waals surface area contributed by atoms with Gasteiger partial charge in [-0.1, -0.05) is 72.8 Å². The molecule has 0 bridgehead atoms. The van der Waals surface area contributed by atoms with Crippen molar-refractivity contribution in [2.24, 2.45) is 0 Å². The fourth-order valence-corrected chi connectivity index (χ4v) is 4.44. The maximum Gasteiger partial charge on any atom is 0.306 e. The third kappa shape index (κ3) is 5.08. The number of carbonyl (C=O) groups is 2. The van der Waals surface area contributed by atoms with E-state index < -0.39 is 0 Å². The zero-order valence-electron chi connectivity index (χ0n) is 18.5. The van der Waals surface area contributed by atoms with E-state index in [4.69, 9.17) is 4.74 Å². The molecule has 1 aliphatic carbocycles. The second-order valence-electron chi connectivity index (χ2n) is 8.15. The van der Waals surface area contributed by atoms with Crippen molar-refractivity contribution >= 4 is 11.9 Å². The molecule has 1 amide bonds. The molecule has 0 fully saturated rings. The normalized spacial score (nSPS) is 12.2. The second kappa shape index (κ2) is 10.3. The van der Waals surface area contributed by atoms with Crippen molar-refractivity contribution in [1.82, 2.24) is 5.32 Å². The Bertz CT molecular complexity index is 1040. The molecule has 3 aromatic rings. The SMILES string of the molecule is CCOC(=O)CCc1ccc(CCNC(=O)CC2c3ccccc3-c3ccccc32)cc1. The Labute approximate surface area is 189 Å². The van der Waals surface area contributed by atoms with Gasteiger partial charge in [-0.2, -0.15) is 0 Å². The molecule has 4 rings (SSSR count). The number of benzene rings is 3. The molecule has 0 atom stereocenters. The third-order valence-corrected chi connectivity index (χ3v) is 6.03. The Morgan fingerprint density at radius 1 is 0.812 bits per heavy atom. The Kier molecular flexibility index (Phi) is 7.00. The second-order valence-corrected chi connectivity index (χ2v) is 8.15. The lowest BCUT2D eigenvalue weighted by Gasteiger charge is -2.14. The van der Waals surface area contributed by atoms with E-state index in [-0.39, 0.29) is 17.8 Å². The minimum absolute atomic E-state index is 0.0764. The minimum atomic E-state index is -0.160. The van der Waals surface area contributed by atoms with Crippen LogP contribution < -0.4 is 5.32 Å². The number of carbonyl (C=O) groups excluding carboxylic acids is 2. The molecule has 4 nitrogen and oxygen atoms in total. The summed E-state index contributed by atoms with van der Waals surface area (Å²) >= 11 is 0. The van der Waals surface area contributed by atoms with Crippen molar-refractivity contribution in [1.29, 1.82) is 0 Å². The van der Waals surface area contributed by atoms with Gasteiger partial charge in [0.05, 0.1) is 6.61 Å². The van der Waals surface area contributed by atoms with Crippen LogP contribution in [0.4, 0.5) is 0 Å². The van der Waals surface area contributed by atoms with Gasteiger partial charge in [0.2, 0.25) is 5.91 Å². The molecule has 164 valence electrons. The fourth-order valence-electron chi connectivity index (χ4n) is 4.44. The van der Waals surface area contributed by atoms with Gasteiger partial charge in [-0.15, -0.1) is 0 Å². The van der Waals surface area contributed by atoms with E-state index in [2.05, 4.69) is 53.8 Å². The van der Waals surface area contributed by atoms with E-state index in [1.54, 1.807) is 0 Å². The van der Waals surface area contributed by atoms with Crippen LogP contribution in [-0.2, 0) is 27.2 Å². The summed E-state index contributed by atoms with van der Waals surface area (Å²) < 4.78 is 4.97. The highest BCUT2D eigenvalue weighted by Gasteiger charge is 2.29. The van der Waals surface area contributed by atoms with Crippen molar-refractivity contribution in [3.05, 3.63) is 95.1 Å². The molecule has 0 saturated carbocycles. The molecule has 0 spiro atoms. The van der Waals surface area contributed by atoms with Crippen LogP contribution in [0, 0.1) is 0 Å². The van der Waals surface area contributed by atoms with Gasteiger partial charge in [0.15, 0.2) is 0 Å². The molecule has 0 aromatic heterocycles. The van der Waals surface area contributed by atoms with Crippen molar-refractivity contribution in [2.45, 2.75) is 38.5 Å². The maximum atomic E-state index is 12.7. The lowest BCUT2D eigenvalue weighted by Crippen LogP contribution is -2.27. The van der Waals surface area contributed by atoms with Crippen LogP contribution in [0.1, 0.15) is 47.9 Å². The fraction of sp³-hybridized carbons (Fsp3) is 0.286. The zero-order chi connectivity index (χ0) is 22.3. The van der Waals surface area contributed by atoms with Gasteiger partial charge < -0.3 is 10.1 Å². The standard InChI is InChI=1S/C28H29NO3/c1-2-32-28(31)16-15-20-11-13-21(14-12-20)17-18-29-27(30)19-26-24-9-5-3-7-22(24)23-8-4-6-10-25(23)26/h3-14,26H,2,15-19H2,1H3,(H,29,30). The van der Waals surface area contributed by atoms with E-state index in [0.29, 0.717) is 32.4 Å². The predicted octanol–water partition coefficient (Wildman–Crippen LogP) is 5.04. The summed E-state index contributed by atoms with van der Waals surface area (Å²) in [4.78, 5) is 24.2. The number of rotatable bonds is 9. The van der Waals surface area contributed by atoms with Gasteiger partial charge in [-0.05, 0) is 53.1 Å². The molecular weight excluding hydrogens is 398 g/mol. The largest absolute Gasteiger partial charge is 0.466 e. The van der Waals surface area contributed by atoms with E-state index in [9.17, 15) is 9.59 Å². The number of fused-ring (bicyclic) bond motifs is 3. The Balaban J connectivity index is 1.28. The smallest absolute Gasteiger partial charge is 0.306 e. The average molecular weight is 428 g/mol. The molecule has 0 heterocycles. The first-order valence-corrected chi connectivity index (χ1v) is 11.3. The van der Waals surface area contributed by atoms with Gasteiger partial charge in [0.1, 0.15) is 0 Å². The Morgan fingerprint density at radius 3 is 1.97 bits per heavy atom. The van der Waals surface area contributed by atoms with Crippen molar-refractivity contribution in [3.8, 4) is 11.1 Å². The van der Waals surface area contributed by atoms with Gasteiger partial charge >= 0.3 is 5.97 Å². The van der Waals surface area contributed by atoms with Crippen LogP contribution in [0.25, 0.3) is 11.1 Å². The molecular formula is C28H29NO3. The summed E-state index contributed by atoms with van der Waals surface area (Å²) in [6, 6.07) is 25.0. The van der Waals surface area contributed by atoms with Crippen LogP contribution in [0.3, 0.4) is 0 Å². The highest BCUT2D eigenvalue weighted by molar-refractivity contribution is 5.84. The minimum Gasteiger partial charge on any atom is -0.466 e. The molecule has 0 unspecified atom stereocenters. The van der Waals surface area contributed by atoms with E-state index >= 15 is 0 Å². The van der Waals surface area contributed by atoms with Crippen LogP contribution in [-0.4, -0.2) is 25.0 Å². The predicted molar refractivity (Wildman–Crippen MR) is 126 cm³/mol. The van der Waals surface area contributed by atoms with E-state index in [0.717, 1.165) is 12.0 Å². The average Bonchev–Trinajstić information content (AvgIpc) is 3.13. The lowest BCUT2D eigenvalue weighted by molar-refractivity contribution is -0.143. The monoisotopic (exact) mass is 427 g/mol. The first kappa shape index (κ1) is 21.8. The molecule has 4 heteroatoms. The van der Waals surface area contributed by atoms with Crippen molar-refractivity contribution < 1.29 is 14.3 Å². The highest BCUT2D eigenvalue weighted by atomic mass is 16.5. The molecule has 0 radical (unpaired) electrons. The highest BCUT2D eigenvalue weighted by Crippen LogP contribution is 2.45. The summed E-state index contributed by atoms with van der Waals surface area (Å²) in [5.41, 5.74) is 7.24. The summed E-state index contributed by atoms with van der Waals surface area (Å²) in [6.45, 7) is 2.84. The summed E-state index contributed by atoms with van der Waals surface area (Å²) in [7, 11) is 0. The number of hydrogen-bond donors (Lipinski definition) is 1. The zero-order valence-corrected chi connectivity index (χ0v) is 18.5. The number of ether oxygens (including phenoxy) is 1. The number of nitrogens with one attached hydrogen (secondary N) is 1. The van der Waals surface area contributed by atoms with Gasteiger partial charge in [0.25, 0.3) is 0 Å². The Morgan fingerprint density at radius 2 is 1.38 bits per heavy atom. The summed E-state index contributed by atoms with van der Waals surface area (Å²) in [6.07, 6.45) is 2.32. The van der Waals surface area contributed by atoms with Crippen LogP contribution >= 0.6 is 0 Å². The maximum absolute atomic E-state index is 12.7. The summed E-state index contributed by atoms with van der Waals surface area (Å²) in [5, 5.41) is 3.09. The Hall–Kier alpha value is -3.40. The number of hydrogen-bond acceptors (Lipinski definition) is 3. The van der Waals surface area contributed by atoms with Gasteiger partial charge in [-0.25, -0.2) is 0 Å². The van der Waals surface area contributed by atoms with Crippen molar-refractivity contribution in [3.63, 3.8) is 0 Å². The van der Waals surface area contributed by atoms with Gasteiger partial charge in [-0.3, -0.25) is 9.59 Å². The van der Waals surface area contributed by atoms with Crippen LogP contribution in [0.5, 0.6) is 0 Å². The van der Waals surface area contributed by atoms with Crippen molar-refractivity contribution in [2.75, 3.05) is 13.2 Å². The number of amides is 1. The topological polar surface area (TPSA) is 55.4 Å². The van der Waals surface area contributed by atoms with E-state index in [1.807, 2.05) is 31.2 Å². The van der Waals surface area contributed by atoms with Gasteiger partial charge in [0, 0.05) is 25.3 Å². The first-order chi connectivity index (χ1) is 15.7. The summed E-state index contributed by atoms with van der Waals surface area (Å²) in [5.74, 6) is 0.0282. The number of esters is 1. The number of aryl methyl sites for hydroxylation is 1. The molecule has 1 aliphatic rings. The quantitative estimate of drug-likeness (QED) is 0.487. The molecule has 3 aromatic carbocycles. The first-order valence-electron chi connectivity index (χ1n) is 11.3. The molecule has 0 saturated heterocycles. The van der Waals surface area contributed by atoms with Crippen LogP contribution in [0.2, 0.25) is 0 Å². The molecule has 1 N–H and O–H groups in total. The third-order valence-electron chi connectivity index (χ3n) is 6.03. The molecule has 32 heavy (non-hydrogen) atoms. The van der Waals surface area contributed by atoms with Crippen LogP contribution in [0.15, 0.2) is 72.8 Å².